The third-order valence-corrected chi connectivity index (χ3v) is 4.34. The summed E-state index contributed by atoms with van der Waals surface area (Å²) in [7, 11) is 1.61. The monoisotopic (exact) mass is 360 g/mol. The van der Waals surface area contributed by atoms with E-state index >= 15 is 0 Å². The van der Waals surface area contributed by atoms with Gasteiger partial charge in [0.2, 0.25) is 0 Å². The fourth-order valence-corrected chi connectivity index (χ4v) is 2.95. The Labute approximate surface area is 138 Å². The van der Waals surface area contributed by atoms with Crippen molar-refractivity contribution in [1.29, 1.82) is 0 Å². The van der Waals surface area contributed by atoms with E-state index in [4.69, 9.17) is 4.74 Å². The number of hydrogen-bond donors (Lipinski definition) is 0. The van der Waals surface area contributed by atoms with Crippen molar-refractivity contribution in [3.63, 3.8) is 0 Å². The summed E-state index contributed by atoms with van der Waals surface area (Å²) < 4.78 is 6.01. The van der Waals surface area contributed by atoms with E-state index in [1.165, 1.54) is 0 Å². The van der Waals surface area contributed by atoms with Crippen LogP contribution in [0.15, 0.2) is 47.2 Å². The van der Waals surface area contributed by atoms with Crippen LogP contribution in [0.25, 0.3) is 0 Å². The van der Waals surface area contributed by atoms with Crippen LogP contribution < -0.4 is 4.74 Å². The Hall–Kier alpha value is -1.88. The molecule has 1 aliphatic carbocycles. The Morgan fingerprint density at radius 1 is 1.41 bits per heavy atom. The third-order valence-electron chi connectivity index (χ3n) is 3.72. The van der Waals surface area contributed by atoms with Crippen molar-refractivity contribution in [1.82, 2.24) is 9.88 Å². The van der Waals surface area contributed by atoms with Gasteiger partial charge in [-0.05, 0) is 58.6 Å². The molecule has 1 aromatic carbocycles. The average Bonchev–Trinajstić information content (AvgIpc) is 3.37. The van der Waals surface area contributed by atoms with Gasteiger partial charge < -0.3 is 9.64 Å². The van der Waals surface area contributed by atoms with Crippen LogP contribution in [0.4, 0.5) is 0 Å². The minimum atomic E-state index is 0.0507. The fraction of sp³-hybridized carbons (Fsp3) is 0.294. The number of ether oxygens (including phenoxy) is 1. The van der Waals surface area contributed by atoms with Crippen molar-refractivity contribution in [3.05, 3.63) is 58.3 Å². The first-order valence-corrected chi connectivity index (χ1v) is 8.02. The van der Waals surface area contributed by atoms with Crippen molar-refractivity contribution in [2.24, 2.45) is 0 Å². The van der Waals surface area contributed by atoms with Crippen LogP contribution in [-0.4, -0.2) is 28.9 Å². The van der Waals surface area contributed by atoms with E-state index < -0.39 is 0 Å². The Kier molecular flexibility index (Phi) is 4.43. The SMILES string of the molecule is COc1ccc(C(=O)N(Cc2cccnc2)C2CC2)cc1Br. The molecule has 1 amide bonds. The summed E-state index contributed by atoms with van der Waals surface area (Å²) in [6.07, 6.45) is 5.70. The second-order valence-electron chi connectivity index (χ2n) is 5.37. The van der Waals surface area contributed by atoms with Gasteiger partial charge in [0.1, 0.15) is 5.75 Å². The van der Waals surface area contributed by atoms with Gasteiger partial charge >= 0.3 is 0 Å². The molecular weight excluding hydrogens is 344 g/mol. The van der Waals surface area contributed by atoms with Crippen LogP contribution in [0.1, 0.15) is 28.8 Å². The van der Waals surface area contributed by atoms with Crippen LogP contribution >= 0.6 is 15.9 Å². The number of halogens is 1. The largest absolute Gasteiger partial charge is 0.496 e. The molecule has 0 N–H and O–H groups in total. The summed E-state index contributed by atoms with van der Waals surface area (Å²) in [6, 6.07) is 9.68. The van der Waals surface area contributed by atoms with Gasteiger partial charge in [-0.25, -0.2) is 0 Å². The number of nitrogens with zero attached hydrogens (tertiary/aromatic N) is 2. The van der Waals surface area contributed by atoms with Crippen LogP contribution in [0, 0.1) is 0 Å². The van der Waals surface area contributed by atoms with Gasteiger partial charge in [0, 0.05) is 30.5 Å². The lowest BCUT2D eigenvalue weighted by Gasteiger charge is -2.23. The maximum atomic E-state index is 12.8. The Morgan fingerprint density at radius 3 is 2.82 bits per heavy atom. The standard InChI is InChI=1S/C17H17BrN2O2/c1-22-16-7-4-13(9-15(16)18)17(21)20(14-5-6-14)11-12-3-2-8-19-10-12/h2-4,7-10,14H,5-6,11H2,1H3. The minimum Gasteiger partial charge on any atom is -0.496 e. The van der Waals surface area contributed by atoms with E-state index in [0.717, 1.165) is 28.6 Å². The number of amides is 1. The molecule has 1 heterocycles. The molecule has 0 atom stereocenters. The lowest BCUT2D eigenvalue weighted by molar-refractivity contribution is 0.0729. The van der Waals surface area contributed by atoms with Gasteiger partial charge in [-0.15, -0.1) is 0 Å². The van der Waals surface area contributed by atoms with Gasteiger partial charge in [-0.3, -0.25) is 9.78 Å². The molecule has 0 saturated heterocycles. The zero-order chi connectivity index (χ0) is 15.5. The first-order chi connectivity index (χ1) is 10.7. The number of carbonyl (C=O) groups excluding carboxylic acids is 1. The topological polar surface area (TPSA) is 42.4 Å². The summed E-state index contributed by atoms with van der Waals surface area (Å²) in [5.41, 5.74) is 1.72. The summed E-state index contributed by atoms with van der Waals surface area (Å²) in [6.45, 7) is 0.598. The molecule has 1 fully saturated rings. The van der Waals surface area contributed by atoms with Crippen molar-refractivity contribution in [3.8, 4) is 5.75 Å². The van der Waals surface area contributed by atoms with E-state index in [2.05, 4.69) is 20.9 Å². The number of pyridine rings is 1. The summed E-state index contributed by atoms with van der Waals surface area (Å²) in [5, 5.41) is 0. The minimum absolute atomic E-state index is 0.0507. The number of aromatic nitrogens is 1. The molecule has 0 aliphatic heterocycles. The predicted molar refractivity (Wildman–Crippen MR) is 87.8 cm³/mol. The normalized spacial score (nSPS) is 13.7. The smallest absolute Gasteiger partial charge is 0.254 e. The van der Waals surface area contributed by atoms with E-state index in [1.54, 1.807) is 13.3 Å². The lowest BCUT2D eigenvalue weighted by Crippen LogP contribution is -2.32. The van der Waals surface area contributed by atoms with Crippen LogP contribution in [-0.2, 0) is 6.54 Å². The zero-order valence-electron chi connectivity index (χ0n) is 12.3. The van der Waals surface area contributed by atoms with Gasteiger partial charge in [0.05, 0.1) is 11.6 Å². The number of hydrogen-bond acceptors (Lipinski definition) is 3. The molecule has 1 saturated carbocycles. The molecule has 3 rings (SSSR count). The third kappa shape index (κ3) is 3.30. The maximum absolute atomic E-state index is 12.8. The molecule has 5 heteroatoms. The molecule has 0 bridgehead atoms. The average molecular weight is 361 g/mol. The lowest BCUT2D eigenvalue weighted by atomic mass is 10.1. The molecule has 1 aliphatic rings. The number of methoxy groups -OCH3 is 1. The molecule has 114 valence electrons. The molecule has 0 unspecified atom stereocenters. The highest BCUT2D eigenvalue weighted by Crippen LogP contribution is 2.31. The van der Waals surface area contributed by atoms with E-state index in [0.29, 0.717) is 18.2 Å². The second-order valence-corrected chi connectivity index (χ2v) is 6.23. The molecule has 0 radical (unpaired) electrons. The van der Waals surface area contributed by atoms with Crippen molar-refractivity contribution in [2.45, 2.75) is 25.4 Å². The highest BCUT2D eigenvalue weighted by atomic mass is 79.9. The van der Waals surface area contributed by atoms with Crippen molar-refractivity contribution in [2.75, 3.05) is 7.11 Å². The Morgan fingerprint density at radius 2 is 2.23 bits per heavy atom. The maximum Gasteiger partial charge on any atom is 0.254 e. The molecule has 22 heavy (non-hydrogen) atoms. The fourth-order valence-electron chi connectivity index (χ4n) is 2.41. The first-order valence-electron chi connectivity index (χ1n) is 7.22. The second kappa shape index (κ2) is 6.48. The van der Waals surface area contributed by atoms with Gasteiger partial charge in [0.15, 0.2) is 0 Å². The summed E-state index contributed by atoms with van der Waals surface area (Å²) >= 11 is 3.44. The number of rotatable bonds is 5. The van der Waals surface area contributed by atoms with E-state index in [1.807, 2.05) is 41.4 Å². The summed E-state index contributed by atoms with van der Waals surface area (Å²) in [4.78, 5) is 18.9. The molecule has 0 spiro atoms. The van der Waals surface area contributed by atoms with Crippen LogP contribution in [0.5, 0.6) is 5.75 Å². The first kappa shape index (κ1) is 15.0. The van der Waals surface area contributed by atoms with Crippen LogP contribution in [0.3, 0.4) is 0 Å². The Balaban J connectivity index is 1.82. The van der Waals surface area contributed by atoms with E-state index in [9.17, 15) is 4.79 Å². The van der Waals surface area contributed by atoms with Gasteiger partial charge in [0.25, 0.3) is 5.91 Å². The highest BCUT2D eigenvalue weighted by molar-refractivity contribution is 9.10. The molecule has 1 aromatic heterocycles. The highest BCUT2D eigenvalue weighted by Gasteiger charge is 2.33. The van der Waals surface area contributed by atoms with Gasteiger partial charge in [-0.2, -0.15) is 0 Å². The molecular formula is C17H17BrN2O2. The summed E-state index contributed by atoms with van der Waals surface area (Å²) in [5.74, 6) is 0.775. The zero-order valence-corrected chi connectivity index (χ0v) is 13.9. The van der Waals surface area contributed by atoms with Crippen molar-refractivity contribution < 1.29 is 9.53 Å². The van der Waals surface area contributed by atoms with Gasteiger partial charge in [-0.1, -0.05) is 6.07 Å². The predicted octanol–water partition coefficient (Wildman–Crippen LogP) is 3.66. The molecule has 2 aromatic rings. The molecule has 4 nitrogen and oxygen atoms in total. The van der Waals surface area contributed by atoms with Crippen molar-refractivity contribution >= 4 is 21.8 Å². The quantitative estimate of drug-likeness (QED) is 0.816. The number of benzene rings is 1. The van der Waals surface area contributed by atoms with E-state index in [-0.39, 0.29) is 5.91 Å². The van der Waals surface area contributed by atoms with Crippen LogP contribution in [0.2, 0.25) is 0 Å². The Bertz CT molecular complexity index is 672. The number of carbonyl (C=O) groups is 1.